The second-order valence-corrected chi connectivity index (χ2v) is 8.02. The van der Waals surface area contributed by atoms with Gasteiger partial charge in [0, 0.05) is 42.3 Å². The minimum Gasteiger partial charge on any atom is -0.384 e. The SMILES string of the molecule is CNC(=O)Cc1cccc(NC(=O)c2n[nH]cc2CNc2ccccc2C(O)c2ccccc2)c1. The Bertz CT molecular complexity index is 1300. The highest BCUT2D eigenvalue weighted by molar-refractivity contribution is 6.04. The summed E-state index contributed by atoms with van der Waals surface area (Å²) >= 11 is 0. The van der Waals surface area contributed by atoms with Gasteiger partial charge in [0.1, 0.15) is 6.10 Å². The molecule has 4 rings (SSSR count). The molecule has 8 nitrogen and oxygen atoms in total. The molecule has 8 heteroatoms. The van der Waals surface area contributed by atoms with Gasteiger partial charge in [0.15, 0.2) is 5.69 Å². The number of nitrogens with one attached hydrogen (secondary N) is 4. The monoisotopic (exact) mass is 469 g/mol. The number of likely N-dealkylation sites (N-methyl/N-ethyl adjacent to an activating group) is 1. The van der Waals surface area contributed by atoms with Crippen molar-refractivity contribution in [2.24, 2.45) is 0 Å². The quantitative estimate of drug-likeness (QED) is 0.256. The fourth-order valence-corrected chi connectivity index (χ4v) is 3.77. The molecule has 0 saturated carbocycles. The van der Waals surface area contributed by atoms with Gasteiger partial charge in [-0.2, -0.15) is 5.10 Å². The van der Waals surface area contributed by atoms with Crippen LogP contribution in [0.5, 0.6) is 0 Å². The standard InChI is InChI=1S/C27H27N5O3/c1-28-24(33)15-18-8-7-11-21(14-18)31-27(35)25-20(17-30-32-25)16-29-23-13-6-5-12-22(23)26(34)19-9-3-2-4-10-19/h2-14,17,26,29,34H,15-16H2,1H3,(H,28,33)(H,30,32)(H,31,35). The number of para-hydroxylation sites is 1. The van der Waals surface area contributed by atoms with E-state index in [1.807, 2.05) is 60.7 Å². The van der Waals surface area contributed by atoms with Crippen LogP contribution < -0.4 is 16.0 Å². The Balaban J connectivity index is 1.45. The Morgan fingerprint density at radius 3 is 2.57 bits per heavy atom. The lowest BCUT2D eigenvalue weighted by atomic mass is 10.00. The molecule has 5 N–H and O–H groups in total. The van der Waals surface area contributed by atoms with Crippen molar-refractivity contribution >= 4 is 23.2 Å². The first kappa shape index (κ1) is 23.7. The number of amides is 2. The van der Waals surface area contributed by atoms with E-state index >= 15 is 0 Å². The van der Waals surface area contributed by atoms with Gasteiger partial charge in [-0.05, 0) is 29.3 Å². The van der Waals surface area contributed by atoms with E-state index < -0.39 is 6.10 Å². The second-order valence-electron chi connectivity index (χ2n) is 8.02. The molecule has 0 bridgehead atoms. The molecule has 2 amide bonds. The summed E-state index contributed by atoms with van der Waals surface area (Å²) in [5.74, 6) is -0.468. The number of carbonyl (C=O) groups excluding carboxylic acids is 2. The topological polar surface area (TPSA) is 119 Å². The maximum atomic E-state index is 12.9. The third-order valence-electron chi connectivity index (χ3n) is 5.60. The molecular formula is C27H27N5O3. The van der Waals surface area contributed by atoms with Gasteiger partial charge >= 0.3 is 0 Å². The Morgan fingerprint density at radius 2 is 1.77 bits per heavy atom. The average molecular weight is 470 g/mol. The Hall–Kier alpha value is -4.43. The summed E-state index contributed by atoms with van der Waals surface area (Å²) in [6, 6.07) is 24.1. The van der Waals surface area contributed by atoms with Crippen LogP contribution in [0.1, 0.15) is 38.8 Å². The van der Waals surface area contributed by atoms with Crippen molar-refractivity contribution in [3.8, 4) is 0 Å². The normalized spacial score (nSPS) is 11.5. The van der Waals surface area contributed by atoms with E-state index in [4.69, 9.17) is 0 Å². The molecule has 35 heavy (non-hydrogen) atoms. The summed E-state index contributed by atoms with van der Waals surface area (Å²) in [4.78, 5) is 24.6. The fourth-order valence-electron chi connectivity index (χ4n) is 3.77. The molecule has 1 atom stereocenters. The number of hydrogen-bond donors (Lipinski definition) is 5. The zero-order valence-corrected chi connectivity index (χ0v) is 19.3. The van der Waals surface area contributed by atoms with E-state index in [2.05, 4.69) is 26.1 Å². The minimum absolute atomic E-state index is 0.105. The van der Waals surface area contributed by atoms with Gasteiger partial charge in [-0.1, -0.05) is 60.7 Å². The van der Waals surface area contributed by atoms with Crippen molar-refractivity contribution < 1.29 is 14.7 Å². The highest BCUT2D eigenvalue weighted by atomic mass is 16.3. The summed E-state index contributed by atoms with van der Waals surface area (Å²) in [6.45, 7) is 0.328. The predicted molar refractivity (Wildman–Crippen MR) is 135 cm³/mol. The van der Waals surface area contributed by atoms with Crippen LogP contribution in [0.3, 0.4) is 0 Å². The molecule has 0 aliphatic rings. The number of aliphatic hydroxyl groups excluding tert-OH is 1. The third kappa shape index (κ3) is 5.93. The van der Waals surface area contributed by atoms with Crippen molar-refractivity contribution in [3.05, 3.63) is 113 Å². The Labute approximate surface area is 203 Å². The van der Waals surface area contributed by atoms with Crippen molar-refractivity contribution in [1.82, 2.24) is 15.5 Å². The highest BCUT2D eigenvalue weighted by Crippen LogP contribution is 2.28. The van der Waals surface area contributed by atoms with Crippen LogP contribution in [0.2, 0.25) is 0 Å². The molecule has 0 radical (unpaired) electrons. The van der Waals surface area contributed by atoms with Crippen molar-refractivity contribution in [2.45, 2.75) is 19.1 Å². The zero-order valence-electron chi connectivity index (χ0n) is 19.3. The predicted octanol–water partition coefficient (Wildman–Crippen LogP) is 3.64. The number of H-pyrrole nitrogens is 1. The molecule has 1 heterocycles. The van der Waals surface area contributed by atoms with Crippen molar-refractivity contribution in [1.29, 1.82) is 0 Å². The third-order valence-corrected chi connectivity index (χ3v) is 5.60. The second kappa shape index (κ2) is 11.1. The molecule has 0 fully saturated rings. The smallest absolute Gasteiger partial charge is 0.276 e. The van der Waals surface area contributed by atoms with Crippen LogP contribution in [0.4, 0.5) is 11.4 Å². The Morgan fingerprint density at radius 1 is 1.00 bits per heavy atom. The zero-order chi connectivity index (χ0) is 24.6. The molecule has 178 valence electrons. The molecule has 4 aromatic rings. The van der Waals surface area contributed by atoms with Gasteiger partial charge in [-0.3, -0.25) is 14.7 Å². The maximum Gasteiger partial charge on any atom is 0.276 e. The summed E-state index contributed by atoms with van der Waals surface area (Å²) in [7, 11) is 1.59. The van der Waals surface area contributed by atoms with E-state index in [1.54, 1.807) is 31.4 Å². The fraction of sp³-hybridized carbons (Fsp3) is 0.148. The van der Waals surface area contributed by atoms with E-state index in [0.717, 1.165) is 22.4 Å². The summed E-state index contributed by atoms with van der Waals surface area (Å²) in [6.07, 6.45) is 1.11. The summed E-state index contributed by atoms with van der Waals surface area (Å²) < 4.78 is 0. The number of anilines is 2. The first-order valence-electron chi connectivity index (χ1n) is 11.2. The van der Waals surface area contributed by atoms with E-state index in [9.17, 15) is 14.7 Å². The van der Waals surface area contributed by atoms with Gasteiger partial charge < -0.3 is 21.1 Å². The molecule has 0 aliphatic carbocycles. The molecule has 1 aromatic heterocycles. The minimum atomic E-state index is -0.783. The number of aromatic amines is 1. The lowest BCUT2D eigenvalue weighted by Gasteiger charge is -2.17. The van der Waals surface area contributed by atoms with Gasteiger partial charge in [-0.25, -0.2) is 0 Å². The molecule has 0 saturated heterocycles. The van der Waals surface area contributed by atoms with Crippen LogP contribution in [0.15, 0.2) is 85.1 Å². The largest absolute Gasteiger partial charge is 0.384 e. The number of nitrogens with zero attached hydrogens (tertiary/aromatic N) is 1. The molecule has 0 spiro atoms. The maximum absolute atomic E-state index is 12.9. The highest BCUT2D eigenvalue weighted by Gasteiger charge is 2.17. The number of carbonyl (C=O) groups is 2. The number of aromatic nitrogens is 2. The number of aliphatic hydroxyl groups is 1. The average Bonchev–Trinajstić information content (AvgIpc) is 3.37. The van der Waals surface area contributed by atoms with E-state index in [1.165, 1.54) is 0 Å². The van der Waals surface area contributed by atoms with Gasteiger partial charge in [0.25, 0.3) is 5.91 Å². The van der Waals surface area contributed by atoms with Gasteiger partial charge in [-0.15, -0.1) is 0 Å². The van der Waals surface area contributed by atoms with Gasteiger partial charge in [0.05, 0.1) is 6.42 Å². The van der Waals surface area contributed by atoms with Crippen LogP contribution in [0, 0.1) is 0 Å². The lowest BCUT2D eigenvalue weighted by Crippen LogP contribution is -2.20. The first-order valence-corrected chi connectivity index (χ1v) is 11.2. The van der Waals surface area contributed by atoms with Crippen LogP contribution >= 0.6 is 0 Å². The van der Waals surface area contributed by atoms with Crippen molar-refractivity contribution in [3.63, 3.8) is 0 Å². The molecule has 1 unspecified atom stereocenters. The number of hydrogen-bond acceptors (Lipinski definition) is 5. The molecule has 0 aliphatic heterocycles. The number of rotatable bonds is 9. The first-order chi connectivity index (χ1) is 17.0. The van der Waals surface area contributed by atoms with E-state index in [-0.39, 0.29) is 23.9 Å². The Kier molecular flexibility index (Phi) is 7.54. The summed E-state index contributed by atoms with van der Waals surface area (Å²) in [5.41, 5.74) is 4.60. The van der Waals surface area contributed by atoms with Crippen LogP contribution in [-0.2, 0) is 17.8 Å². The molecular weight excluding hydrogens is 442 g/mol. The lowest BCUT2D eigenvalue weighted by molar-refractivity contribution is -0.119. The summed E-state index contributed by atoms with van der Waals surface area (Å²) in [5, 5.41) is 26.5. The van der Waals surface area contributed by atoms with Gasteiger partial charge in [0.2, 0.25) is 5.91 Å². The van der Waals surface area contributed by atoms with Crippen LogP contribution in [0.25, 0.3) is 0 Å². The van der Waals surface area contributed by atoms with E-state index in [0.29, 0.717) is 17.8 Å². The molecule has 3 aromatic carbocycles. The van der Waals surface area contributed by atoms with Crippen LogP contribution in [-0.4, -0.2) is 34.2 Å². The van der Waals surface area contributed by atoms with Crippen molar-refractivity contribution in [2.75, 3.05) is 17.7 Å². The number of benzene rings is 3.